The Morgan fingerprint density at radius 2 is 1.86 bits per heavy atom. The molecule has 0 aromatic heterocycles. The summed E-state index contributed by atoms with van der Waals surface area (Å²) >= 11 is 1.77. The largest absolute Gasteiger partial charge is 0.355 e. The first-order chi connectivity index (χ1) is 10.5. The van der Waals surface area contributed by atoms with E-state index in [2.05, 4.69) is 5.32 Å². The van der Waals surface area contributed by atoms with Crippen molar-refractivity contribution in [2.24, 2.45) is 0 Å². The molecule has 0 spiro atoms. The molecule has 0 saturated carbocycles. The third kappa shape index (κ3) is 5.30. The van der Waals surface area contributed by atoms with Gasteiger partial charge in [0.1, 0.15) is 0 Å². The molecule has 22 heavy (non-hydrogen) atoms. The SMILES string of the molecule is Cc1ccc(CC(=O)NCCS(=O)(=O)N2CCSCC2)cc1. The molecule has 1 aromatic carbocycles. The van der Waals surface area contributed by atoms with Crippen molar-refractivity contribution in [3.05, 3.63) is 35.4 Å². The van der Waals surface area contributed by atoms with Crippen molar-refractivity contribution in [1.29, 1.82) is 0 Å². The van der Waals surface area contributed by atoms with Crippen molar-refractivity contribution in [3.8, 4) is 0 Å². The van der Waals surface area contributed by atoms with Crippen molar-refractivity contribution < 1.29 is 13.2 Å². The molecular formula is C15H22N2O3S2. The molecule has 122 valence electrons. The van der Waals surface area contributed by atoms with Crippen LogP contribution in [0.15, 0.2) is 24.3 Å². The second-order valence-electron chi connectivity index (χ2n) is 5.34. The van der Waals surface area contributed by atoms with Gasteiger partial charge in [0, 0.05) is 31.1 Å². The minimum absolute atomic E-state index is 0.0305. The molecule has 1 aromatic rings. The molecule has 1 heterocycles. The van der Waals surface area contributed by atoms with Crippen LogP contribution in [-0.4, -0.2) is 55.5 Å². The zero-order valence-corrected chi connectivity index (χ0v) is 14.4. The highest BCUT2D eigenvalue weighted by Gasteiger charge is 2.23. The molecule has 1 aliphatic rings. The zero-order chi connectivity index (χ0) is 16.0. The van der Waals surface area contributed by atoms with Gasteiger partial charge >= 0.3 is 0 Å². The Labute approximate surface area is 136 Å². The van der Waals surface area contributed by atoms with Crippen molar-refractivity contribution in [2.45, 2.75) is 13.3 Å². The van der Waals surface area contributed by atoms with E-state index in [0.29, 0.717) is 13.1 Å². The van der Waals surface area contributed by atoms with E-state index in [4.69, 9.17) is 0 Å². The Morgan fingerprint density at radius 1 is 1.23 bits per heavy atom. The number of hydrogen-bond donors (Lipinski definition) is 1. The minimum atomic E-state index is -3.25. The van der Waals surface area contributed by atoms with E-state index < -0.39 is 10.0 Å². The molecule has 0 bridgehead atoms. The maximum absolute atomic E-state index is 12.1. The third-order valence-corrected chi connectivity index (χ3v) is 6.35. The third-order valence-electron chi connectivity index (χ3n) is 3.53. The van der Waals surface area contributed by atoms with Gasteiger partial charge in [-0.25, -0.2) is 12.7 Å². The molecule has 5 nitrogen and oxygen atoms in total. The second kappa shape index (κ2) is 7.99. The molecule has 1 aliphatic heterocycles. The van der Waals surface area contributed by atoms with Crippen LogP contribution in [0.4, 0.5) is 0 Å². The lowest BCUT2D eigenvalue weighted by atomic mass is 10.1. The van der Waals surface area contributed by atoms with Crippen LogP contribution in [0.2, 0.25) is 0 Å². The highest BCUT2D eigenvalue weighted by Crippen LogP contribution is 2.13. The summed E-state index contributed by atoms with van der Waals surface area (Å²) in [5.74, 6) is 1.52. The highest BCUT2D eigenvalue weighted by atomic mass is 32.2. The summed E-state index contributed by atoms with van der Waals surface area (Å²) in [4.78, 5) is 11.8. The van der Waals surface area contributed by atoms with Gasteiger partial charge in [-0.15, -0.1) is 0 Å². The Hall–Kier alpha value is -1.05. The van der Waals surface area contributed by atoms with Gasteiger partial charge in [-0.1, -0.05) is 29.8 Å². The summed E-state index contributed by atoms with van der Waals surface area (Å²) in [6.07, 6.45) is 0.278. The smallest absolute Gasteiger partial charge is 0.224 e. The summed E-state index contributed by atoms with van der Waals surface area (Å²) in [5, 5.41) is 2.69. The monoisotopic (exact) mass is 342 g/mol. The van der Waals surface area contributed by atoms with Gasteiger partial charge in [-0.3, -0.25) is 4.79 Å². The van der Waals surface area contributed by atoms with Gasteiger partial charge in [0.2, 0.25) is 15.9 Å². The van der Waals surface area contributed by atoms with Gasteiger partial charge in [-0.2, -0.15) is 11.8 Å². The number of carbonyl (C=O) groups excluding carboxylic acids is 1. The van der Waals surface area contributed by atoms with Gasteiger partial charge < -0.3 is 5.32 Å². The number of benzene rings is 1. The van der Waals surface area contributed by atoms with Gasteiger partial charge in [0.25, 0.3) is 0 Å². The molecule has 0 unspecified atom stereocenters. The van der Waals surface area contributed by atoms with Crippen molar-refractivity contribution >= 4 is 27.7 Å². The van der Waals surface area contributed by atoms with Gasteiger partial charge in [0.15, 0.2) is 0 Å². The summed E-state index contributed by atoms with van der Waals surface area (Å²) in [6, 6.07) is 7.75. The molecule has 1 N–H and O–H groups in total. The van der Waals surface area contributed by atoms with Crippen LogP contribution in [0.3, 0.4) is 0 Å². The number of rotatable bonds is 6. The van der Waals surface area contributed by atoms with E-state index in [-0.39, 0.29) is 24.6 Å². The topological polar surface area (TPSA) is 66.5 Å². The first-order valence-electron chi connectivity index (χ1n) is 7.35. The lowest BCUT2D eigenvalue weighted by molar-refractivity contribution is -0.120. The van der Waals surface area contributed by atoms with Crippen molar-refractivity contribution in [2.75, 3.05) is 36.9 Å². The van der Waals surface area contributed by atoms with E-state index in [0.717, 1.165) is 22.6 Å². The molecule has 2 rings (SSSR count). The predicted molar refractivity (Wildman–Crippen MR) is 90.6 cm³/mol. The van der Waals surface area contributed by atoms with Gasteiger partial charge in [-0.05, 0) is 12.5 Å². The molecular weight excluding hydrogens is 320 g/mol. The number of thioether (sulfide) groups is 1. The van der Waals surface area contributed by atoms with Gasteiger partial charge in [0.05, 0.1) is 12.2 Å². The number of amides is 1. The lowest BCUT2D eigenvalue weighted by Crippen LogP contribution is -2.42. The number of carbonyl (C=O) groups is 1. The van der Waals surface area contributed by atoms with E-state index in [9.17, 15) is 13.2 Å². The van der Waals surface area contributed by atoms with Crippen LogP contribution in [0, 0.1) is 6.92 Å². The van der Waals surface area contributed by atoms with Crippen molar-refractivity contribution in [1.82, 2.24) is 9.62 Å². The molecule has 0 aliphatic carbocycles. The Morgan fingerprint density at radius 3 is 2.50 bits per heavy atom. The number of nitrogens with zero attached hydrogens (tertiary/aromatic N) is 1. The summed E-state index contributed by atoms with van der Waals surface area (Å²) < 4.78 is 25.8. The van der Waals surface area contributed by atoms with E-state index in [1.54, 1.807) is 11.8 Å². The standard InChI is InChI=1S/C15H22N2O3S2/c1-13-2-4-14(5-3-13)12-15(18)16-6-11-22(19,20)17-7-9-21-10-8-17/h2-5H,6-12H2,1H3,(H,16,18). The summed E-state index contributed by atoms with van der Waals surface area (Å²) in [6.45, 7) is 3.30. The Balaban J connectivity index is 1.75. The fourth-order valence-electron chi connectivity index (χ4n) is 2.23. The fourth-order valence-corrected chi connectivity index (χ4v) is 4.72. The minimum Gasteiger partial charge on any atom is -0.355 e. The second-order valence-corrected chi connectivity index (χ2v) is 8.65. The van der Waals surface area contributed by atoms with Crippen molar-refractivity contribution in [3.63, 3.8) is 0 Å². The predicted octanol–water partition coefficient (Wildman–Crippen LogP) is 1.03. The Bertz CT molecular complexity index is 594. The first-order valence-corrected chi connectivity index (χ1v) is 10.1. The molecule has 1 fully saturated rings. The van der Waals surface area contributed by atoms with Crippen LogP contribution in [0.25, 0.3) is 0 Å². The first kappa shape index (κ1) is 17.3. The lowest BCUT2D eigenvalue weighted by Gasteiger charge is -2.25. The number of nitrogens with one attached hydrogen (secondary N) is 1. The van der Waals surface area contributed by atoms with Crippen LogP contribution in [-0.2, 0) is 21.2 Å². The molecule has 1 amide bonds. The van der Waals surface area contributed by atoms with E-state index in [1.807, 2.05) is 31.2 Å². The van der Waals surface area contributed by atoms with Crippen LogP contribution >= 0.6 is 11.8 Å². The zero-order valence-electron chi connectivity index (χ0n) is 12.7. The fraction of sp³-hybridized carbons (Fsp3) is 0.533. The normalized spacial score (nSPS) is 16.4. The average molecular weight is 342 g/mol. The van der Waals surface area contributed by atoms with E-state index >= 15 is 0 Å². The van der Waals surface area contributed by atoms with Crippen LogP contribution in [0.1, 0.15) is 11.1 Å². The number of hydrogen-bond acceptors (Lipinski definition) is 4. The quantitative estimate of drug-likeness (QED) is 0.839. The summed E-state index contributed by atoms with van der Waals surface area (Å²) in [5.41, 5.74) is 2.08. The molecule has 1 saturated heterocycles. The maximum Gasteiger partial charge on any atom is 0.224 e. The maximum atomic E-state index is 12.1. The van der Waals surface area contributed by atoms with Crippen LogP contribution < -0.4 is 5.32 Å². The highest BCUT2D eigenvalue weighted by molar-refractivity contribution is 7.99. The number of sulfonamides is 1. The molecule has 0 radical (unpaired) electrons. The molecule has 7 heteroatoms. The van der Waals surface area contributed by atoms with Crippen LogP contribution in [0.5, 0.6) is 0 Å². The Kier molecular flexibility index (Phi) is 6.28. The summed E-state index contributed by atoms with van der Waals surface area (Å²) in [7, 11) is -3.25. The molecule has 0 atom stereocenters. The average Bonchev–Trinajstić information content (AvgIpc) is 2.50. The number of aryl methyl sites for hydroxylation is 1. The van der Waals surface area contributed by atoms with E-state index in [1.165, 1.54) is 4.31 Å².